The zero-order chi connectivity index (χ0) is 75.1. The van der Waals surface area contributed by atoms with Crippen LogP contribution in [-0.2, 0) is 65.4 Å². The van der Waals surface area contributed by atoms with Crippen LogP contribution in [0.4, 0.5) is 0 Å². The first-order valence-electron chi connectivity index (χ1n) is 42.8. The average molecular weight is 1490 g/mol. The van der Waals surface area contributed by atoms with Crippen LogP contribution in [0.25, 0.3) is 0 Å². The quantitative estimate of drug-likeness (QED) is 0.0222. The van der Waals surface area contributed by atoms with Crippen molar-refractivity contribution in [1.29, 1.82) is 0 Å². The van der Waals surface area contributed by atoms with Gasteiger partial charge >= 0.3 is 39.5 Å². The van der Waals surface area contributed by atoms with Crippen molar-refractivity contribution in [3.8, 4) is 0 Å². The molecule has 0 heterocycles. The summed E-state index contributed by atoms with van der Waals surface area (Å²) in [7, 11) is -9.92. The molecule has 2 unspecified atom stereocenters. The van der Waals surface area contributed by atoms with Gasteiger partial charge in [0.1, 0.15) is 19.3 Å². The zero-order valence-corrected chi connectivity index (χ0v) is 68.9. The fraction of sp³-hybridized carbons (Fsp3) is 0.952. The second-order valence-electron chi connectivity index (χ2n) is 31.3. The maximum Gasteiger partial charge on any atom is 0.472 e. The second kappa shape index (κ2) is 73.2. The van der Waals surface area contributed by atoms with Gasteiger partial charge in [0.2, 0.25) is 0 Å². The lowest BCUT2D eigenvalue weighted by molar-refractivity contribution is -0.161. The van der Waals surface area contributed by atoms with Crippen LogP contribution < -0.4 is 0 Å². The largest absolute Gasteiger partial charge is 0.472 e. The minimum absolute atomic E-state index is 0.107. The SMILES string of the molecule is CCCCCCCCCC(=O)OC[C@H](COP(=O)(O)OC[C@H](O)COP(=O)(O)OC[C@@H](COC(=O)CCCCCCCCCCCCCCCCC(C)C)OC(=O)CCCCCCCCCCCCCCCCCCCCC(C)C)OC(=O)CCCCCCCCCCCCCCCCC(C)C. The molecule has 3 N–H and O–H groups in total. The van der Waals surface area contributed by atoms with E-state index in [4.69, 9.17) is 37.0 Å². The third kappa shape index (κ3) is 76.3. The van der Waals surface area contributed by atoms with Gasteiger partial charge in [0.15, 0.2) is 12.2 Å². The summed E-state index contributed by atoms with van der Waals surface area (Å²) in [6.07, 6.45) is 62.6. The topological polar surface area (TPSA) is 237 Å². The zero-order valence-electron chi connectivity index (χ0n) is 67.1. The number of aliphatic hydroxyl groups excluding tert-OH is 1. The molecule has 0 aliphatic carbocycles. The lowest BCUT2D eigenvalue weighted by atomic mass is 10.0. The molecule has 0 aromatic carbocycles. The van der Waals surface area contributed by atoms with Crippen LogP contribution >= 0.6 is 15.6 Å². The van der Waals surface area contributed by atoms with Gasteiger partial charge in [-0.3, -0.25) is 37.3 Å². The van der Waals surface area contributed by atoms with Crippen LogP contribution in [0.3, 0.4) is 0 Å². The van der Waals surface area contributed by atoms with E-state index < -0.39 is 97.5 Å². The van der Waals surface area contributed by atoms with E-state index in [0.29, 0.717) is 25.7 Å². The minimum atomic E-state index is -4.96. The fourth-order valence-corrected chi connectivity index (χ4v) is 14.4. The van der Waals surface area contributed by atoms with Crippen LogP contribution in [0, 0.1) is 17.8 Å². The fourth-order valence-electron chi connectivity index (χ4n) is 12.8. The molecule has 0 rings (SSSR count). The number of esters is 4. The van der Waals surface area contributed by atoms with Crippen molar-refractivity contribution in [2.24, 2.45) is 17.8 Å². The van der Waals surface area contributed by atoms with Gasteiger partial charge in [-0.2, -0.15) is 0 Å². The number of carbonyl (C=O) groups excluding carboxylic acids is 4. The average Bonchev–Trinajstić information content (AvgIpc) is 0.907. The number of phosphoric ester groups is 2. The molecule has 0 bridgehead atoms. The summed E-state index contributed by atoms with van der Waals surface area (Å²) in [6, 6.07) is 0. The standard InChI is InChI=1S/C83H162O17P2/c1-8-9-10-11-40-50-57-64-80(85)93-70-78(99-82(87)66-60-53-46-39-33-27-21-19-24-30-36-43-49-56-63-76(6)7)72-97-101(89,90)95-68-77(84)69-96-102(91,92)98-73-79(71-94-81(86)65-58-51-44-37-31-25-20-18-23-29-35-42-48-55-62-75(4)5)100-83(88)67-59-52-45-38-32-26-17-15-13-12-14-16-22-28-34-41-47-54-61-74(2)3/h74-79,84H,8-73H2,1-7H3,(H,89,90)(H,91,92)/t77-,78+,79+/m0/s1. The van der Waals surface area contributed by atoms with Gasteiger partial charge in [-0.15, -0.1) is 0 Å². The molecule has 19 heteroatoms. The van der Waals surface area contributed by atoms with Gasteiger partial charge in [-0.1, -0.05) is 382 Å². The summed E-state index contributed by atoms with van der Waals surface area (Å²) in [5.74, 6) is 0.302. The Morgan fingerprint density at radius 2 is 0.451 bits per heavy atom. The number of aliphatic hydroxyl groups is 1. The molecule has 0 aliphatic rings. The van der Waals surface area contributed by atoms with Crippen LogP contribution in [0.1, 0.15) is 434 Å². The van der Waals surface area contributed by atoms with E-state index in [9.17, 15) is 43.2 Å². The van der Waals surface area contributed by atoms with Gasteiger partial charge in [0.25, 0.3) is 0 Å². The molecule has 0 spiro atoms. The maximum atomic E-state index is 13.1. The summed E-state index contributed by atoms with van der Waals surface area (Å²) in [4.78, 5) is 73.0. The number of ether oxygens (including phenoxy) is 4. The van der Waals surface area contributed by atoms with Crippen LogP contribution in [0.5, 0.6) is 0 Å². The van der Waals surface area contributed by atoms with E-state index in [2.05, 4.69) is 48.5 Å². The van der Waals surface area contributed by atoms with Crippen LogP contribution in [-0.4, -0.2) is 96.7 Å². The van der Waals surface area contributed by atoms with Gasteiger partial charge in [-0.05, 0) is 43.4 Å². The molecule has 0 saturated carbocycles. The first kappa shape index (κ1) is 100. The van der Waals surface area contributed by atoms with Crippen molar-refractivity contribution in [2.45, 2.75) is 452 Å². The predicted octanol–water partition coefficient (Wildman–Crippen LogP) is 24.9. The third-order valence-corrected chi connectivity index (χ3v) is 21.3. The molecule has 0 aromatic heterocycles. The number of rotatable bonds is 81. The molecule has 0 aliphatic heterocycles. The lowest BCUT2D eigenvalue weighted by Gasteiger charge is -2.21. The third-order valence-electron chi connectivity index (χ3n) is 19.4. The summed E-state index contributed by atoms with van der Waals surface area (Å²) < 4.78 is 68.7. The predicted molar refractivity (Wildman–Crippen MR) is 418 cm³/mol. The Labute approximate surface area is 626 Å². The minimum Gasteiger partial charge on any atom is -0.462 e. The van der Waals surface area contributed by atoms with E-state index in [1.54, 1.807) is 0 Å². The van der Waals surface area contributed by atoms with E-state index in [1.807, 2.05) is 0 Å². The number of hydrogen-bond donors (Lipinski definition) is 3. The first-order chi connectivity index (χ1) is 49.2. The Morgan fingerprint density at radius 3 is 0.667 bits per heavy atom. The molecule has 0 amide bonds. The second-order valence-corrected chi connectivity index (χ2v) is 34.2. The number of phosphoric acid groups is 2. The maximum absolute atomic E-state index is 13.1. The first-order valence-corrected chi connectivity index (χ1v) is 45.8. The van der Waals surface area contributed by atoms with Gasteiger partial charge in [0, 0.05) is 25.7 Å². The smallest absolute Gasteiger partial charge is 0.462 e. The van der Waals surface area contributed by atoms with E-state index in [1.165, 1.54) is 231 Å². The van der Waals surface area contributed by atoms with Crippen molar-refractivity contribution in [1.82, 2.24) is 0 Å². The van der Waals surface area contributed by atoms with E-state index in [-0.39, 0.29) is 25.7 Å². The molecular weight excluding hydrogens is 1330 g/mol. The highest BCUT2D eigenvalue weighted by atomic mass is 31.2. The molecule has 5 atom stereocenters. The highest BCUT2D eigenvalue weighted by Gasteiger charge is 2.30. The highest BCUT2D eigenvalue weighted by Crippen LogP contribution is 2.45. The molecule has 102 heavy (non-hydrogen) atoms. The Morgan fingerprint density at radius 1 is 0.265 bits per heavy atom. The molecular formula is C83H162O17P2. The summed E-state index contributed by atoms with van der Waals surface area (Å²) >= 11 is 0. The molecule has 0 radical (unpaired) electrons. The van der Waals surface area contributed by atoms with Crippen molar-refractivity contribution in [2.75, 3.05) is 39.6 Å². The van der Waals surface area contributed by atoms with Gasteiger partial charge in [0.05, 0.1) is 26.4 Å². The Bertz CT molecular complexity index is 1970. The van der Waals surface area contributed by atoms with E-state index >= 15 is 0 Å². The number of hydrogen-bond acceptors (Lipinski definition) is 15. The molecule has 0 fully saturated rings. The van der Waals surface area contributed by atoms with Crippen LogP contribution in [0.15, 0.2) is 0 Å². The summed E-state index contributed by atoms with van der Waals surface area (Å²) in [5, 5.41) is 10.6. The van der Waals surface area contributed by atoms with Crippen molar-refractivity contribution in [3.05, 3.63) is 0 Å². The lowest BCUT2D eigenvalue weighted by Crippen LogP contribution is -2.30. The normalized spacial score (nSPS) is 13.9. The monoisotopic (exact) mass is 1490 g/mol. The molecule has 17 nitrogen and oxygen atoms in total. The Hall–Kier alpha value is -1.94. The Balaban J connectivity index is 5.17. The van der Waals surface area contributed by atoms with Gasteiger partial charge < -0.3 is 33.8 Å². The molecule has 0 saturated heterocycles. The summed E-state index contributed by atoms with van der Waals surface area (Å²) in [5.41, 5.74) is 0. The van der Waals surface area contributed by atoms with Gasteiger partial charge in [-0.25, -0.2) is 9.13 Å². The summed E-state index contributed by atoms with van der Waals surface area (Å²) in [6.45, 7) is 12.0. The number of unbranched alkanes of at least 4 members (excludes halogenated alkanes) is 49. The van der Waals surface area contributed by atoms with E-state index in [0.717, 1.165) is 120 Å². The van der Waals surface area contributed by atoms with Crippen LogP contribution in [0.2, 0.25) is 0 Å². The number of carbonyl (C=O) groups is 4. The van der Waals surface area contributed by atoms with Crippen molar-refractivity contribution < 1.29 is 80.2 Å². The molecule has 0 aromatic rings. The van der Waals surface area contributed by atoms with Crippen molar-refractivity contribution >= 4 is 39.5 Å². The van der Waals surface area contributed by atoms with Crippen molar-refractivity contribution in [3.63, 3.8) is 0 Å². The molecule has 606 valence electrons. The Kier molecular flexibility index (Phi) is 71.8. The highest BCUT2D eigenvalue weighted by molar-refractivity contribution is 7.47.